The molecule has 0 atom stereocenters. The van der Waals surface area contributed by atoms with E-state index in [0.717, 1.165) is 27.8 Å². The number of nitrogens with zero attached hydrogens (tertiary/aromatic N) is 3. The summed E-state index contributed by atoms with van der Waals surface area (Å²) in [6.45, 7) is 6.62. The van der Waals surface area contributed by atoms with Crippen LogP contribution in [0.1, 0.15) is 22.6 Å². The first-order valence-electron chi connectivity index (χ1n) is 8.60. The van der Waals surface area contributed by atoms with Crippen LogP contribution in [-0.2, 0) is 6.54 Å². The minimum Gasteiger partial charge on any atom is -0.365 e. The minimum atomic E-state index is 0.536. The van der Waals surface area contributed by atoms with Gasteiger partial charge < -0.3 is 9.84 Å². The monoisotopic (exact) mass is 344 g/mol. The standard InChI is InChI=1S/C21H20N4O/c1-13-6-4-8-16(10-13)12-22-20-18(21-23-15(3)26-25-21)11-17-9-5-7-14(2)19(17)24-20/h4-11H,12H2,1-3H3,(H,22,24). The molecule has 26 heavy (non-hydrogen) atoms. The van der Waals surface area contributed by atoms with E-state index in [9.17, 15) is 0 Å². The molecule has 0 aliphatic carbocycles. The van der Waals surface area contributed by atoms with E-state index in [2.05, 4.69) is 71.8 Å². The van der Waals surface area contributed by atoms with Crippen LogP contribution in [0.5, 0.6) is 0 Å². The number of benzene rings is 2. The molecule has 2 aromatic carbocycles. The summed E-state index contributed by atoms with van der Waals surface area (Å²) >= 11 is 0. The largest absolute Gasteiger partial charge is 0.365 e. The Kier molecular flexibility index (Phi) is 4.13. The van der Waals surface area contributed by atoms with Crippen molar-refractivity contribution in [3.8, 4) is 11.4 Å². The quantitative estimate of drug-likeness (QED) is 0.575. The Bertz CT molecular complexity index is 1080. The molecule has 0 radical (unpaired) electrons. The lowest BCUT2D eigenvalue weighted by Crippen LogP contribution is -2.04. The number of pyridine rings is 1. The van der Waals surface area contributed by atoms with Gasteiger partial charge in [-0.2, -0.15) is 4.98 Å². The first-order valence-corrected chi connectivity index (χ1v) is 8.60. The van der Waals surface area contributed by atoms with Gasteiger partial charge >= 0.3 is 0 Å². The van der Waals surface area contributed by atoms with Crippen molar-refractivity contribution in [3.63, 3.8) is 0 Å². The number of para-hydroxylation sites is 1. The Morgan fingerprint density at radius 3 is 2.58 bits per heavy atom. The van der Waals surface area contributed by atoms with Gasteiger partial charge in [0.2, 0.25) is 11.7 Å². The maximum atomic E-state index is 5.17. The Morgan fingerprint density at radius 1 is 0.962 bits per heavy atom. The number of fused-ring (bicyclic) bond motifs is 1. The van der Waals surface area contributed by atoms with Crippen LogP contribution in [0, 0.1) is 20.8 Å². The lowest BCUT2D eigenvalue weighted by Gasteiger charge is -2.12. The van der Waals surface area contributed by atoms with Crippen molar-refractivity contribution in [2.75, 3.05) is 5.32 Å². The van der Waals surface area contributed by atoms with Crippen LogP contribution in [0.2, 0.25) is 0 Å². The van der Waals surface area contributed by atoms with E-state index in [0.29, 0.717) is 18.3 Å². The molecular weight excluding hydrogens is 324 g/mol. The maximum absolute atomic E-state index is 5.17. The van der Waals surface area contributed by atoms with Gasteiger partial charge in [-0.05, 0) is 31.0 Å². The normalized spacial score (nSPS) is 11.0. The van der Waals surface area contributed by atoms with Crippen LogP contribution in [0.3, 0.4) is 0 Å². The van der Waals surface area contributed by atoms with Gasteiger partial charge in [-0.25, -0.2) is 4.98 Å². The van der Waals surface area contributed by atoms with Crippen LogP contribution in [0.4, 0.5) is 5.82 Å². The highest BCUT2D eigenvalue weighted by Crippen LogP contribution is 2.30. The third-order valence-corrected chi connectivity index (χ3v) is 4.36. The van der Waals surface area contributed by atoms with Gasteiger partial charge in [-0.1, -0.05) is 53.2 Å². The molecule has 1 N–H and O–H groups in total. The molecule has 4 aromatic rings. The summed E-state index contributed by atoms with van der Waals surface area (Å²) in [5.74, 6) is 1.84. The fourth-order valence-corrected chi connectivity index (χ4v) is 3.07. The first kappa shape index (κ1) is 16.3. The zero-order valence-corrected chi connectivity index (χ0v) is 15.1. The molecule has 0 aliphatic rings. The van der Waals surface area contributed by atoms with E-state index in [1.54, 1.807) is 6.92 Å². The average Bonchev–Trinajstić information content (AvgIpc) is 3.06. The Labute approximate surface area is 152 Å². The van der Waals surface area contributed by atoms with Crippen LogP contribution >= 0.6 is 0 Å². The van der Waals surface area contributed by atoms with Gasteiger partial charge in [0.1, 0.15) is 5.82 Å². The van der Waals surface area contributed by atoms with Gasteiger partial charge in [0.05, 0.1) is 11.1 Å². The highest BCUT2D eigenvalue weighted by Gasteiger charge is 2.15. The molecule has 2 aromatic heterocycles. The summed E-state index contributed by atoms with van der Waals surface area (Å²) in [7, 11) is 0. The van der Waals surface area contributed by atoms with E-state index in [1.165, 1.54) is 11.1 Å². The maximum Gasteiger partial charge on any atom is 0.223 e. The van der Waals surface area contributed by atoms with Crippen molar-refractivity contribution in [1.82, 2.24) is 15.1 Å². The molecule has 130 valence electrons. The minimum absolute atomic E-state index is 0.536. The van der Waals surface area contributed by atoms with Gasteiger partial charge in [-0.3, -0.25) is 0 Å². The number of rotatable bonds is 4. The predicted molar refractivity (Wildman–Crippen MR) is 103 cm³/mol. The third-order valence-electron chi connectivity index (χ3n) is 4.36. The van der Waals surface area contributed by atoms with Gasteiger partial charge in [-0.15, -0.1) is 0 Å². The smallest absolute Gasteiger partial charge is 0.223 e. The zero-order valence-electron chi connectivity index (χ0n) is 15.1. The molecule has 2 heterocycles. The molecule has 5 nitrogen and oxygen atoms in total. The molecule has 0 saturated heterocycles. The van der Waals surface area contributed by atoms with Crippen LogP contribution < -0.4 is 5.32 Å². The number of hydrogen-bond donors (Lipinski definition) is 1. The molecule has 0 saturated carbocycles. The number of anilines is 1. The summed E-state index contributed by atoms with van der Waals surface area (Å²) in [4.78, 5) is 9.25. The van der Waals surface area contributed by atoms with Crippen molar-refractivity contribution in [2.24, 2.45) is 0 Å². The highest BCUT2D eigenvalue weighted by molar-refractivity contribution is 5.89. The van der Waals surface area contributed by atoms with Crippen LogP contribution in [0.25, 0.3) is 22.3 Å². The van der Waals surface area contributed by atoms with Crippen LogP contribution in [-0.4, -0.2) is 15.1 Å². The van der Waals surface area contributed by atoms with Crippen molar-refractivity contribution >= 4 is 16.7 Å². The Hall–Kier alpha value is -3.21. The summed E-state index contributed by atoms with van der Waals surface area (Å²) in [5.41, 5.74) is 5.39. The highest BCUT2D eigenvalue weighted by atomic mass is 16.5. The number of hydrogen-bond acceptors (Lipinski definition) is 5. The number of nitrogens with one attached hydrogen (secondary N) is 1. The third kappa shape index (κ3) is 3.16. The lowest BCUT2D eigenvalue weighted by molar-refractivity contribution is 0.394. The number of aromatic nitrogens is 3. The molecule has 0 bridgehead atoms. The second-order valence-corrected chi connectivity index (χ2v) is 6.51. The predicted octanol–water partition coefficient (Wildman–Crippen LogP) is 4.82. The van der Waals surface area contributed by atoms with Gasteiger partial charge in [0.25, 0.3) is 0 Å². The molecule has 0 amide bonds. The molecule has 5 heteroatoms. The average molecular weight is 344 g/mol. The molecule has 0 spiro atoms. The van der Waals surface area contributed by atoms with Gasteiger partial charge in [0.15, 0.2) is 0 Å². The molecule has 0 fully saturated rings. The van der Waals surface area contributed by atoms with E-state index >= 15 is 0 Å². The van der Waals surface area contributed by atoms with Crippen molar-refractivity contribution in [1.29, 1.82) is 0 Å². The van der Waals surface area contributed by atoms with Crippen molar-refractivity contribution in [2.45, 2.75) is 27.3 Å². The fraction of sp³-hybridized carbons (Fsp3) is 0.190. The van der Waals surface area contributed by atoms with Crippen LogP contribution in [0.15, 0.2) is 53.1 Å². The van der Waals surface area contributed by atoms with E-state index in [-0.39, 0.29) is 0 Å². The molecule has 4 rings (SSSR count). The molecule has 0 aliphatic heterocycles. The van der Waals surface area contributed by atoms with E-state index < -0.39 is 0 Å². The van der Waals surface area contributed by atoms with E-state index in [1.807, 2.05) is 6.07 Å². The summed E-state index contributed by atoms with van der Waals surface area (Å²) < 4.78 is 5.17. The summed E-state index contributed by atoms with van der Waals surface area (Å²) in [6, 6.07) is 16.6. The van der Waals surface area contributed by atoms with Crippen molar-refractivity contribution < 1.29 is 4.52 Å². The van der Waals surface area contributed by atoms with E-state index in [4.69, 9.17) is 9.51 Å². The SMILES string of the molecule is Cc1cccc(CNc2nc3c(C)cccc3cc2-c2noc(C)n2)c1. The first-order chi connectivity index (χ1) is 12.6. The zero-order chi connectivity index (χ0) is 18.1. The number of aryl methyl sites for hydroxylation is 3. The van der Waals surface area contributed by atoms with Gasteiger partial charge in [0, 0.05) is 18.9 Å². The summed E-state index contributed by atoms with van der Waals surface area (Å²) in [5, 5.41) is 8.59. The lowest BCUT2D eigenvalue weighted by atomic mass is 10.1. The Morgan fingerprint density at radius 2 is 1.81 bits per heavy atom. The second-order valence-electron chi connectivity index (χ2n) is 6.51. The second kappa shape index (κ2) is 6.59. The van der Waals surface area contributed by atoms with Crippen molar-refractivity contribution in [3.05, 3.63) is 71.1 Å². The molecular formula is C21H20N4O. The fourth-order valence-electron chi connectivity index (χ4n) is 3.07. The topological polar surface area (TPSA) is 63.8 Å². The molecule has 0 unspecified atom stereocenters. The summed E-state index contributed by atoms with van der Waals surface area (Å²) in [6.07, 6.45) is 0. The Balaban J connectivity index is 1.78.